The molecule has 1 aliphatic rings. The summed E-state index contributed by atoms with van der Waals surface area (Å²) in [6, 6.07) is 0. The first-order valence-corrected chi connectivity index (χ1v) is 5.58. The Morgan fingerprint density at radius 1 is 1.31 bits per heavy atom. The highest BCUT2D eigenvalue weighted by atomic mass is 16.5. The van der Waals surface area contributed by atoms with Crippen LogP contribution in [0.25, 0.3) is 0 Å². The fourth-order valence-electron chi connectivity index (χ4n) is 2.27. The molecular formula is C11H22O2. The van der Waals surface area contributed by atoms with Gasteiger partial charge in [-0.05, 0) is 31.6 Å². The Hall–Kier alpha value is -0.0800. The quantitative estimate of drug-likeness (QED) is 0.714. The summed E-state index contributed by atoms with van der Waals surface area (Å²) in [5, 5.41) is 8.72. The van der Waals surface area contributed by atoms with Gasteiger partial charge in [-0.15, -0.1) is 0 Å². The highest BCUT2D eigenvalue weighted by Gasteiger charge is 2.31. The van der Waals surface area contributed by atoms with Crippen molar-refractivity contribution in [2.45, 2.75) is 58.2 Å². The number of hydrogen-bond donors (Lipinski definition) is 1. The molecule has 0 amide bonds. The van der Waals surface area contributed by atoms with Gasteiger partial charge < -0.3 is 9.84 Å². The third-order valence-corrected chi connectivity index (χ3v) is 3.07. The van der Waals surface area contributed by atoms with Crippen LogP contribution in [0, 0.1) is 5.92 Å². The van der Waals surface area contributed by atoms with Gasteiger partial charge in [-0.1, -0.05) is 20.3 Å². The highest BCUT2D eigenvalue weighted by Crippen LogP contribution is 2.32. The minimum atomic E-state index is 0.299. The zero-order chi connectivity index (χ0) is 9.68. The second-order valence-electron chi connectivity index (χ2n) is 3.97. The minimum Gasteiger partial charge on any atom is -0.396 e. The molecule has 2 heteroatoms. The molecule has 0 bridgehead atoms. The lowest BCUT2D eigenvalue weighted by atomic mass is 9.94. The van der Waals surface area contributed by atoms with E-state index in [4.69, 9.17) is 9.84 Å². The van der Waals surface area contributed by atoms with Gasteiger partial charge in [-0.25, -0.2) is 0 Å². The molecule has 2 nitrogen and oxygen atoms in total. The van der Waals surface area contributed by atoms with E-state index >= 15 is 0 Å². The predicted molar refractivity (Wildman–Crippen MR) is 53.7 cm³/mol. The van der Waals surface area contributed by atoms with Crippen LogP contribution in [-0.2, 0) is 4.74 Å². The van der Waals surface area contributed by atoms with Gasteiger partial charge in [0.05, 0.1) is 12.2 Å². The molecule has 0 aromatic rings. The van der Waals surface area contributed by atoms with Crippen molar-refractivity contribution in [3.63, 3.8) is 0 Å². The van der Waals surface area contributed by atoms with E-state index in [9.17, 15) is 0 Å². The summed E-state index contributed by atoms with van der Waals surface area (Å²) in [7, 11) is 0. The van der Waals surface area contributed by atoms with E-state index in [1.54, 1.807) is 0 Å². The molecule has 13 heavy (non-hydrogen) atoms. The van der Waals surface area contributed by atoms with Crippen molar-refractivity contribution in [1.29, 1.82) is 0 Å². The lowest BCUT2D eigenvalue weighted by molar-refractivity contribution is 0.0251. The van der Waals surface area contributed by atoms with Gasteiger partial charge in [0.25, 0.3) is 0 Å². The molecule has 1 saturated heterocycles. The first kappa shape index (κ1) is 11.0. The fourth-order valence-corrected chi connectivity index (χ4v) is 2.27. The Morgan fingerprint density at radius 3 is 2.54 bits per heavy atom. The van der Waals surface area contributed by atoms with E-state index < -0.39 is 0 Å². The molecule has 0 aliphatic carbocycles. The molecule has 0 spiro atoms. The largest absolute Gasteiger partial charge is 0.396 e. The lowest BCUT2D eigenvalue weighted by Gasteiger charge is -2.14. The fraction of sp³-hybridized carbons (Fsp3) is 1.00. The maximum Gasteiger partial charge on any atom is 0.0605 e. The molecule has 1 N–H and O–H groups in total. The molecule has 3 unspecified atom stereocenters. The van der Waals surface area contributed by atoms with E-state index in [0.717, 1.165) is 25.2 Å². The van der Waals surface area contributed by atoms with E-state index in [0.29, 0.717) is 18.8 Å². The third-order valence-electron chi connectivity index (χ3n) is 3.07. The Bertz CT molecular complexity index is 124. The molecule has 0 saturated carbocycles. The van der Waals surface area contributed by atoms with Gasteiger partial charge >= 0.3 is 0 Å². The van der Waals surface area contributed by atoms with Gasteiger partial charge in [-0.3, -0.25) is 0 Å². The minimum absolute atomic E-state index is 0.299. The summed E-state index contributed by atoms with van der Waals surface area (Å²) >= 11 is 0. The molecule has 1 fully saturated rings. The molecule has 1 heterocycles. The van der Waals surface area contributed by atoms with Gasteiger partial charge in [-0.2, -0.15) is 0 Å². The van der Waals surface area contributed by atoms with Crippen molar-refractivity contribution >= 4 is 0 Å². The predicted octanol–water partition coefficient (Wildman–Crippen LogP) is 2.35. The summed E-state index contributed by atoms with van der Waals surface area (Å²) in [6.45, 7) is 4.74. The maximum atomic E-state index is 8.72. The first-order chi connectivity index (χ1) is 6.31. The van der Waals surface area contributed by atoms with Gasteiger partial charge in [0.1, 0.15) is 0 Å². The Kier molecular flexibility index (Phi) is 4.74. The van der Waals surface area contributed by atoms with Crippen molar-refractivity contribution in [2.24, 2.45) is 5.92 Å². The summed E-state index contributed by atoms with van der Waals surface area (Å²) in [4.78, 5) is 0. The van der Waals surface area contributed by atoms with Gasteiger partial charge in [0.15, 0.2) is 0 Å². The zero-order valence-electron chi connectivity index (χ0n) is 8.83. The number of ether oxygens (including phenoxy) is 1. The average molecular weight is 186 g/mol. The van der Waals surface area contributed by atoms with E-state index in [2.05, 4.69) is 13.8 Å². The number of rotatable bonds is 5. The van der Waals surface area contributed by atoms with Crippen LogP contribution >= 0.6 is 0 Å². The summed E-state index contributed by atoms with van der Waals surface area (Å²) in [5.74, 6) is 0.758. The third kappa shape index (κ3) is 2.96. The average Bonchev–Trinajstić information content (AvgIpc) is 2.57. The van der Waals surface area contributed by atoms with Crippen LogP contribution in [0.3, 0.4) is 0 Å². The number of hydrogen-bond acceptors (Lipinski definition) is 2. The smallest absolute Gasteiger partial charge is 0.0605 e. The molecule has 0 radical (unpaired) electrons. The van der Waals surface area contributed by atoms with Crippen molar-refractivity contribution in [2.75, 3.05) is 6.61 Å². The van der Waals surface area contributed by atoms with Crippen LogP contribution in [0.5, 0.6) is 0 Å². The first-order valence-electron chi connectivity index (χ1n) is 5.58. The molecule has 3 atom stereocenters. The molecule has 78 valence electrons. The van der Waals surface area contributed by atoms with Crippen LogP contribution in [-0.4, -0.2) is 23.9 Å². The van der Waals surface area contributed by atoms with Gasteiger partial charge in [0.2, 0.25) is 0 Å². The number of aliphatic hydroxyl groups excluding tert-OH is 1. The van der Waals surface area contributed by atoms with E-state index in [1.807, 2.05) is 0 Å². The van der Waals surface area contributed by atoms with Crippen molar-refractivity contribution in [1.82, 2.24) is 0 Å². The Labute approximate surface area is 81.3 Å². The van der Waals surface area contributed by atoms with Crippen LogP contribution < -0.4 is 0 Å². The molecule has 1 rings (SSSR count). The molecular weight excluding hydrogens is 164 g/mol. The summed E-state index contributed by atoms with van der Waals surface area (Å²) < 4.78 is 5.91. The van der Waals surface area contributed by atoms with Crippen molar-refractivity contribution < 1.29 is 9.84 Å². The Balaban J connectivity index is 2.30. The van der Waals surface area contributed by atoms with E-state index in [1.165, 1.54) is 12.8 Å². The second-order valence-corrected chi connectivity index (χ2v) is 3.97. The molecule has 0 aromatic carbocycles. The Morgan fingerprint density at radius 2 is 2.08 bits per heavy atom. The van der Waals surface area contributed by atoms with Crippen LogP contribution in [0.4, 0.5) is 0 Å². The lowest BCUT2D eigenvalue weighted by Crippen LogP contribution is -2.14. The maximum absolute atomic E-state index is 8.72. The van der Waals surface area contributed by atoms with Crippen molar-refractivity contribution in [3.8, 4) is 0 Å². The zero-order valence-corrected chi connectivity index (χ0v) is 8.83. The standard InChI is InChI=1S/C11H22O2/c1-3-9-8-10(6-5-7-12)13-11(9)4-2/h9-12H,3-8H2,1-2H3. The van der Waals surface area contributed by atoms with Crippen molar-refractivity contribution in [3.05, 3.63) is 0 Å². The van der Waals surface area contributed by atoms with Crippen LogP contribution in [0.15, 0.2) is 0 Å². The SMILES string of the molecule is CCC1CC(CCCO)OC1CC. The van der Waals surface area contributed by atoms with Crippen LogP contribution in [0.1, 0.15) is 46.0 Å². The normalized spacial score (nSPS) is 33.9. The monoisotopic (exact) mass is 186 g/mol. The molecule has 0 aromatic heterocycles. The topological polar surface area (TPSA) is 29.5 Å². The van der Waals surface area contributed by atoms with E-state index in [-0.39, 0.29) is 0 Å². The van der Waals surface area contributed by atoms with Gasteiger partial charge in [0, 0.05) is 6.61 Å². The summed E-state index contributed by atoms with van der Waals surface area (Å²) in [6.07, 6.45) is 6.38. The molecule has 1 aliphatic heterocycles. The second kappa shape index (κ2) is 5.61. The summed E-state index contributed by atoms with van der Waals surface area (Å²) in [5.41, 5.74) is 0. The highest BCUT2D eigenvalue weighted by molar-refractivity contribution is 4.80. The number of aliphatic hydroxyl groups is 1. The van der Waals surface area contributed by atoms with Crippen LogP contribution in [0.2, 0.25) is 0 Å².